The number of anilines is 1. The van der Waals surface area contributed by atoms with Crippen LogP contribution >= 0.6 is 23.2 Å². The topological polar surface area (TPSA) is 12.5 Å². The van der Waals surface area contributed by atoms with Crippen LogP contribution < -0.4 is 9.64 Å². The summed E-state index contributed by atoms with van der Waals surface area (Å²) in [5.74, 6) is 0.195. The molecule has 1 aliphatic heterocycles. The van der Waals surface area contributed by atoms with E-state index in [4.69, 9.17) is 27.9 Å². The maximum absolute atomic E-state index is 13.2. The minimum atomic E-state index is -0.291. The van der Waals surface area contributed by atoms with Crippen LogP contribution in [0.5, 0.6) is 5.75 Å². The lowest BCUT2D eigenvalue weighted by Crippen LogP contribution is -2.23. The Labute approximate surface area is 145 Å². The number of nitrogens with zero attached hydrogens (tertiary/aromatic N) is 1. The molecular weight excluding hydrogens is 336 g/mol. The second-order valence-corrected chi connectivity index (χ2v) is 6.34. The molecule has 0 spiro atoms. The molecule has 0 bridgehead atoms. The molecule has 5 heteroatoms. The predicted octanol–water partition coefficient (Wildman–Crippen LogP) is 5.82. The van der Waals surface area contributed by atoms with Crippen molar-refractivity contribution in [3.63, 3.8) is 0 Å². The Bertz CT molecular complexity index is 748. The van der Waals surface area contributed by atoms with Gasteiger partial charge in [-0.3, -0.25) is 0 Å². The third kappa shape index (κ3) is 3.62. The third-order valence-electron chi connectivity index (χ3n) is 3.78. The van der Waals surface area contributed by atoms with Gasteiger partial charge < -0.3 is 9.64 Å². The fourth-order valence-electron chi connectivity index (χ4n) is 2.56. The van der Waals surface area contributed by atoms with Gasteiger partial charge in [0.25, 0.3) is 0 Å². The SMILES string of the molecule is CC1CC=CN1c1cc(Cl)c(OCc2cccc(F)c2)cc1Cl. The Hall–Kier alpha value is -1.71. The van der Waals surface area contributed by atoms with Crippen molar-refractivity contribution in [1.29, 1.82) is 0 Å². The molecule has 0 radical (unpaired) electrons. The van der Waals surface area contributed by atoms with Gasteiger partial charge in [-0.25, -0.2) is 4.39 Å². The van der Waals surface area contributed by atoms with E-state index in [9.17, 15) is 4.39 Å². The number of halogens is 3. The molecule has 0 aliphatic carbocycles. The summed E-state index contributed by atoms with van der Waals surface area (Å²) in [6.45, 7) is 2.35. The molecule has 23 heavy (non-hydrogen) atoms. The van der Waals surface area contributed by atoms with Gasteiger partial charge in [-0.1, -0.05) is 41.4 Å². The first kappa shape index (κ1) is 16.2. The number of benzene rings is 2. The zero-order valence-corrected chi connectivity index (χ0v) is 14.1. The minimum absolute atomic E-state index is 0.229. The minimum Gasteiger partial charge on any atom is -0.487 e. The molecule has 2 aromatic carbocycles. The molecule has 0 amide bonds. The van der Waals surface area contributed by atoms with Crippen LogP contribution in [-0.2, 0) is 6.61 Å². The normalized spacial score (nSPS) is 16.9. The molecule has 120 valence electrons. The van der Waals surface area contributed by atoms with Crippen LogP contribution in [0.3, 0.4) is 0 Å². The summed E-state index contributed by atoms with van der Waals surface area (Å²) >= 11 is 12.7. The summed E-state index contributed by atoms with van der Waals surface area (Å²) in [6.07, 6.45) is 5.09. The molecule has 1 aliphatic rings. The van der Waals surface area contributed by atoms with E-state index in [1.54, 1.807) is 24.3 Å². The molecule has 1 unspecified atom stereocenters. The van der Waals surface area contributed by atoms with Gasteiger partial charge in [0.1, 0.15) is 18.2 Å². The lowest BCUT2D eigenvalue weighted by molar-refractivity contribution is 0.306. The highest BCUT2D eigenvalue weighted by atomic mass is 35.5. The van der Waals surface area contributed by atoms with E-state index >= 15 is 0 Å². The lowest BCUT2D eigenvalue weighted by Gasteiger charge is -2.24. The number of hydrogen-bond acceptors (Lipinski definition) is 2. The first-order valence-corrected chi connectivity index (χ1v) is 8.11. The van der Waals surface area contributed by atoms with Crippen molar-refractivity contribution >= 4 is 28.9 Å². The van der Waals surface area contributed by atoms with Gasteiger partial charge in [0.2, 0.25) is 0 Å². The average molecular weight is 352 g/mol. The largest absolute Gasteiger partial charge is 0.487 e. The molecule has 1 heterocycles. The van der Waals surface area contributed by atoms with Gasteiger partial charge in [-0.2, -0.15) is 0 Å². The van der Waals surface area contributed by atoms with E-state index in [0.717, 1.165) is 17.7 Å². The van der Waals surface area contributed by atoms with Crippen LogP contribution in [0.25, 0.3) is 0 Å². The molecule has 0 saturated heterocycles. The lowest BCUT2D eigenvalue weighted by atomic mass is 10.2. The molecule has 0 aromatic heterocycles. The van der Waals surface area contributed by atoms with Crippen molar-refractivity contribution in [1.82, 2.24) is 0 Å². The molecule has 0 fully saturated rings. The van der Waals surface area contributed by atoms with E-state index in [1.165, 1.54) is 12.1 Å². The number of rotatable bonds is 4. The molecule has 0 N–H and O–H groups in total. The molecule has 0 saturated carbocycles. The summed E-state index contributed by atoms with van der Waals surface area (Å²) in [7, 11) is 0. The zero-order chi connectivity index (χ0) is 16.4. The molecule has 2 aromatic rings. The number of ether oxygens (including phenoxy) is 1. The van der Waals surface area contributed by atoms with Crippen LogP contribution in [0, 0.1) is 5.82 Å². The van der Waals surface area contributed by atoms with Crippen molar-refractivity contribution in [3.05, 3.63) is 70.1 Å². The summed E-state index contributed by atoms with van der Waals surface area (Å²) < 4.78 is 18.9. The molecule has 3 rings (SSSR count). The van der Waals surface area contributed by atoms with Crippen LogP contribution in [0.15, 0.2) is 48.7 Å². The van der Waals surface area contributed by atoms with E-state index in [-0.39, 0.29) is 12.4 Å². The highest BCUT2D eigenvalue weighted by Crippen LogP contribution is 2.38. The highest BCUT2D eigenvalue weighted by molar-refractivity contribution is 6.36. The van der Waals surface area contributed by atoms with Crippen molar-refractivity contribution < 1.29 is 9.13 Å². The summed E-state index contributed by atoms with van der Waals surface area (Å²) in [5, 5.41) is 1.05. The Kier molecular flexibility index (Phi) is 4.79. The first-order chi connectivity index (χ1) is 11.0. The standard InChI is InChI=1S/C18H16Cl2FNO/c1-12-4-3-7-22(12)17-9-16(20)18(10-15(17)19)23-11-13-5-2-6-14(21)8-13/h2-3,5-10,12H,4,11H2,1H3. The number of hydrogen-bond donors (Lipinski definition) is 0. The van der Waals surface area contributed by atoms with Crippen LogP contribution in [0.1, 0.15) is 18.9 Å². The summed E-state index contributed by atoms with van der Waals surface area (Å²) in [6, 6.07) is 10.1. The Morgan fingerprint density at radius 3 is 2.74 bits per heavy atom. The predicted molar refractivity (Wildman–Crippen MR) is 92.9 cm³/mol. The van der Waals surface area contributed by atoms with Gasteiger partial charge in [-0.15, -0.1) is 0 Å². The molecule has 1 atom stereocenters. The molecular formula is C18H16Cl2FNO. The van der Waals surface area contributed by atoms with Gasteiger partial charge in [-0.05, 0) is 37.1 Å². The maximum Gasteiger partial charge on any atom is 0.140 e. The highest BCUT2D eigenvalue weighted by Gasteiger charge is 2.20. The van der Waals surface area contributed by atoms with E-state index < -0.39 is 0 Å². The van der Waals surface area contributed by atoms with Crippen LogP contribution in [0.2, 0.25) is 10.0 Å². The second kappa shape index (κ2) is 6.81. The first-order valence-electron chi connectivity index (χ1n) is 7.36. The quantitative estimate of drug-likeness (QED) is 0.687. The van der Waals surface area contributed by atoms with Crippen LogP contribution in [-0.4, -0.2) is 6.04 Å². The smallest absolute Gasteiger partial charge is 0.140 e. The van der Waals surface area contributed by atoms with Crippen molar-refractivity contribution in [2.75, 3.05) is 4.90 Å². The van der Waals surface area contributed by atoms with E-state index in [2.05, 4.69) is 17.9 Å². The average Bonchev–Trinajstić information content (AvgIpc) is 2.94. The molecule has 2 nitrogen and oxygen atoms in total. The van der Waals surface area contributed by atoms with Gasteiger partial charge in [0.05, 0.1) is 15.7 Å². The van der Waals surface area contributed by atoms with E-state index in [0.29, 0.717) is 21.8 Å². The van der Waals surface area contributed by atoms with Gasteiger partial charge in [0.15, 0.2) is 0 Å². The fourth-order valence-corrected chi connectivity index (χ4v) is 3.03. The van der Waals surface area contributed by atoms with Crippen LogP contribution in [0.4, 0.5) is 10.1 Å². The summed E-state index contributed by atoms with van der Waals surface area (Å²) in [5.41, 5.74) is 1.59. The Balaban J connectivity index is 1.78. The maximum atomic E-state index is 13.2. The van der Waals surface area contributed by atoms with Crippen molar-refractivity contribution in [2.24, 2.45) is 0 Å². The Morgan fingerprint density at radius 2 is 2.04 bits per heavy atom. The van der Waals surface area contributed by atoms with Crippen molar-refractivity contribution in [2.45, 2.75) is 26.0 Å². The van der Waals surface area contributed by atoms with E-state index in [1.807, 2.05) is 6.20 Å². The fraction of sp³-hybridized carbons (Fsp3) is 0.222. The third-order valence-corrected chi connectivity index (χ3v) is 4.38. The monoisotopic (exact) mass is 351 g/mol. The zero-order valence-electron chi connectivity index (χ0n) is 12.6. The van der Waals surface area contributed by atoms with Gasteiger partial charge >= 0.3 is 0 Å². The van der Waals surface area contributed by atoms with Crippen molar-refractivity contribution in [3.8, 4) is 5.75 Å². The Morgan fingerprint density at radius 1 is 1.22 bits per heavy atom. The second-order valence-electron chi connectivity index (χ2n) is 5.53. The summed E-state index contributed by atoms with van der Waals surface area (Å²) in [4.78, 5) is 2.09. The van der Waals surface area contributed by atoms with Gasteiger partial charge in [0, 0.05) is 18.3 Å².